The Bertz CT molecular complexity index is 536. The fourth-order valence-corrected chi connectivity index (χ4v) is 2.19. The number of hydrogen-bond acceptors (Lipinski definition) is 2. The molecule has 0 saturated carbocycles. The van der Waals surface area contributed by atoms with Crippen molar-refractivity contribution in [2.24, 2.45) is 4.99 Å². The van der Waals surface area contributed by atoms with Crippen molar-refractivity contribution in [2.45, 2.75) is 46.5 Å². The molecule has 1 rings (SSSR count). The fraction of sp³-hybridized carbons (Fsp3) is 0.412. The van der Waals surface area contributed by atoms with Gasteiger partial charge in [-0.15, -0.1) is 9.24 Å². The number of anilines is 1. The Morgan fingerprint density at radius 3 is 2.57 bits per heavy atom. The molecule has 1 aromatic rings. The lowest BCUT2D eigenvalue weighted by Crippen LogP contribution is -2.12. The Morgan fingerprint density at radius 1 is 1.29 bits per heavy atom. The Labute approximate surface area is 130 Å². The number of amides is 1. The number of nitrogens with one attached hydrogen (secondary N) is 1. The van der Waals surface area contributed by atoms with Crippen LogP contribution in [0.5, 0.6) is 0 Å². The number of hydrogen-bond donors (Lipinski definition) is 1. The van der Waals surface area contributed by atoms with Crippen LogP contribution in [0.25, 0.3) is 5.70 Å². The Morgan fingerprint density at radius 2 is 2.00 bits per heavy atom. The van der Waals surface area contributed by atoms with Gasteiger partial charge >= 0.3 is 0 Å². The van der Waals surface area contributed by atoms with E-state index in [1.165, 1.54) is 6.92 Å². The van der Waals surface area contributed by atoms with E-state index in [0.29, 0.717) is 0 Å². The normalized spacial score (nSPS) is 11.9. The number of nitrogens with zero attached hydrogens (tertiary/aromatic N) is 1. The van der Waals surface area contributed by atoms with Crippen molar-refractivity contribution in [3.05, 3.63) is 29.8 Å². The predicted octanol–water partition coefficient (Wildman–Crippen LogP) is 4.16. The molecule has 0 aromatic heterocycles. The third-order valence-corrected chi connectivity index (χ3v) is 3.41. The molecule has 1 atom stereocenters. The number of carbonyl (C=O) groups excluding carboxylic acids is 1. The molecular weight excluding hydrogens is 279 g/mol. The van der Waals surface area contributed by atoms with Gasteiger partial charge in [0.1, 0.15) is 0 Å². The van der Waals surface area contributed by atoms with Gasteiger partial charge in [0.05, 0.1) is 5.70 Å². The first kappa shape index (κ1) is 17.6. The molecule has 0 saturated heterocycles. The van der Waals surface area contributed by atoms with Gasteiger partial charge in [-0.1, -0.05) is 38.8 Å². The van der Waals surface area contributed by atoms with Gasteiger partial charge in [-0.2, -0.15) is 0 Å². The summed E-state index contributed by atoms with van der Waals surface area (Å²) in [6.07, 6.45) is 8.35. The van der Waals surface area contributed by atoms with Gasteiger partial charge in [-0.25, -0.2) is 0 Å². The number of allylic oxidation sites excluding steroid dienone is 1. The van der Waals surface area contributed by atoms with E-state index in [9.17, 15) is 4.79 Å². The van der Waals surface area contributed by atoms with Gasteiger partial charge in [-0.3, -0.25) is 9.79 Å². The predicted molar refractivity (Wildman–Crippen MR) is 96.4 cm³/mol. The van der Waals surface area contributed by atoms with Crippen LogP contribution in [0.4, 0.5) is 5.69 Å². The number of carbonyl (C=O) groups is 1. The topological polar surface area (TPSA) is 41.5 Å². The summed E-state index contributed by atoms with van der Waals surface area (Å²) < 4.78 is 0. The maximum absolute atomic E-state index is 11.1. The minimum Gasteiger partial charge on any atom is -0.326 e. The quantitative estimate of drug-likeness (QED) is 0.596. The molecule has 0 fully saturated rings. The molecule has 0 aliphatic heterocycles. The lowest BCUT2D eigenvalue weighted by molar-refractivity contribution is -0.114. The second-order valence-electron chi connectivity index (χ2n) is 4.96. The standard InChI is InChI=1S/C17H25N2OP/c1-4-6-8-15(18-11-7-5-2)14-9-10-16(17(21)12-14)19-13(3)20/h8-12H,4-7,21H2,1-3H3,(H,19,20)/b15-8+,18-11?. The van der Waals surface area contributed by atoms with Crippen LogP contribution in [-0.4, -0.2) is 12.1 Å². The summed E-state index contributed by atoms with van der Waals surface area (Å²) in [6, 6.07) is 5.97. The van der Waals surface area contributed by atoms with Gasteiger partial charge in [0.2, 0.25) is 5.91 Å². The van der Waals surface area contributed by atoms with Crippen LogP contribution in [0.15, 0.2) is 29.3 Å². The minimum atomic E-state index is -0.0610. The summed E-state index contributed by atoms with van der Waals surface area (Å²) in [5.74, 6) is -0.0610. The molecular formula is C17H25N2OP. The first-order valence-corrected chi connectivity index (χ1v) is 8.06. The van der Waals surface area contributed by atoms with Crippen LogP contribution >= 0.6 is 9.24 Å². The van der Waals surface area contributed by atoms with Crippen LogP contribution in [0.1, 0.15) is 52.0 Å². The molecule has 4 heteroatoms. The van der Waals surface area contributed by atoms with Crippen LogP contribution in [0, 0.1) is 0 Å². The first-order valence-electron chi connectivity index (χ1n) is 7.48. The summed E-state index contributed by atoms with van der Waals surface area (Å²) >= 11 is 0. The van der Waals surface area contributed by atoms with Gasteiger partial charge < -0.3 is 5.32 Å². The number of rotatable bonds is 7. The van der Waals surface area contributed by atoms with Crippen LogP contribution in [0.3, 0.4) is 0 Å². The van der Waals surface area contributed by atoms with Crippen molar-refractivity contribution in [2.75, 3.05) is 5.32 Å². The summed E-state index contributed by atoms with van der Waals surface area (Å²) in [7, 11) is 2.67. The summed E-state index contributed by atoms with van der Waals surface area (Å²) in [4.78, 5) is 15.7. The third-order valence-electron chi connectivity index (χ3n) is 2.93. The highest BCUT2D eigenvalue weighted by atomic mass is 31.0. The fourth-order valence-electron chi connectivity index (χ4n) is 1.84. The Kier molecular flexibility index (Phi) is 7.92. The van der Waals surface area contributed by atoms with Crippen LogP contribution < -0.4 is 10.6 Å². The maximum Gasteiger partial charge on any atom is 0.221 e. The van der Waals surface area contributed by atoms with Crippen LogP contribution in [0.2, 0.25) is 0 Å². The molecule has 21 heavy (non-hydrogen) atoms. The number of benzene rings is 1. The van der Waals surface area contributed by atoms with E-state index < -0.39 is 0 Å². The highest BCUT2D eigenvalue weighted by Crippen LogP contribution is 2.20. The molecule has 3 nitrogen and oxygen atoms in total. The average Bonchev–Trinajstić information content (AvgIpc) is 2.44. The lowest BCUT2D eigenvalue weighted by Gasteiger charge is -2.09. The number of aliphatic imine (C=N–C) groups is 1. The summed E-state index contributed by atoms with van der Waals surface area (Å²) in [6.45, 7) is 5.81. The van der Waals surface area contributed by atoms with Crippen LogP contribution in [-0.2, 0) is 4.79 Å². The molecule has 0 bridgehead atoms. The Hall–Kier alpha value is -1.47. The minimum absolute atomic E-state index is 0.0610. The summed E-state index contributed by atoms with van der Waals surface area (Å²) in [5, 5.41) is 3.79. The van der Waals surface area contributed by atoms with Crippen molar-refractivity contribution < 1.29 is 4.79 Å². The molecule has 0 aliphatic rings. The molecule has 0 aliphatic carbocycles. The van der Waals surface area contributed by atoms with Crippen molar-refractivity contribution in [3.63, 3.8) is 0 Å². The van der Waals surface area contributed by atoms with Crippen molar-refractivity contribution in [1.82, 2.24) is 0 Å². The van der Waals surface area contributed by atoms with Crippen molar-refractivity contribution in [3.8, 4) is 0 Å². The summed E-state index contributed by atoms with van der Waals surface area (Å²) in [5.41, 5.74) is 2.90. The van der Waals surface area contributed by atoms with Gasteiger partial charge in [0.25, 0.3) is 0 Å². The molecule has 1 aromatic carbocycles. The Balaban J connectivity index is 3.02. The van der Waals surface area contributed by atoms with E-state index in [1.807, 2.05) is 24.4 Å². The van der Waals surface area contributed by atoms with E-state index >= 15 is 0 Å². The zero-order chi connectivity index (χ0) is 15.7. The molecule has 0 spiro atoms. The molecule has 0 radical (unpaired) electrons. The van der Waals surface area contributed by atoms with Gasteiger partial charge in [0, 0.05) is 24.4 Å². The second kappa shape index (κ2) is 9.46. The van der Waals surface area contributed by atoms with Crippen molar-refractivity contribution in [1.29, 1.82) is 0 Å². The van der Waals surface area contributed by atoms with E-state index in [4.69, 9.17) is 0 Å². The average molecular weight is 304 g/mol. The highest BCUT2D eigenvalue weighted by molar-refractivity contribution is 7.28. The molecule has 1 amide bonds. The molecule has 1 unspecified atom stereocenters. The molecule has 114 valence electrons. The van der Waals surface area contributed by atoms with Gasteiger partial charge in [-0.05, 0) is 30.3 Å². The smallest absolute Gasteiger partial charge is 0.221 e. The van der Waals surface area contributed by atoms with Crippen molar-refractivity contribution >= 4 is 38.1 Å². The monoisotopic (exact) mass is 304 g/mol. The maximum atomic E-state index is 11.1. The largest absolute Gasteiger partial charge is 0.326 e. The zero-order valence-corrected chi connectivity index (χ0v) is 14.3. The molecule has 0 heterocycles. The third kappa shape index (κ3) is 6.22. The van der Waals surface area contributed by atoms with E-state index in [-0.39, 0.29) is 5.91 Å². The number of unbranched alkanes of at least 4 members (excludes halogenated alkanes) is 2. The van der Waals surface area contributed by atoms with E-state index in [0.717, 1.165) is 47.9 Å². The van der Waals surface area contributed by atoms with E-state index in [2.05, 4.69) is 39.5 Å². The zero-order valence-electron chi connectivity index (χ0n) is 13.1. The molecule has 1 N–H and O–H groups in total. The first-order chi connectivity index (χ1) is 10.1. The van der Waals surface area contributed by atoms with E-state index in [1.54, 1.807) is 0 Å². The van der Waals surface area contributed by atoms with Gasteiger partial charge in [0.15, 0.2) is 0 Å². The SMILES string of the molecule is CCCC=N/C(=C/CCC)c1ccc(NC(C)=O)c(P)c1. The second-order valence-corrected chi connectivity index (χ2v) is 5.58. The highest BCUT2D eigenvalue weighted by Gasteiger charge is 2.05. The lowest BCUT2D eigenvalue weighted by atomic mass is 10.1.